The molecule has 1 aromatic carbocycles. The molecule has 9 heteroatoms. The number of thiophene rings is 1. The average Bonchev–Trinajstić information content (AvgIpc) is 3.40. The standard InChI is InChI=1S/C23H27N3O4S2/c1-5-20-24-16(13-31-20)11-26(3)12-19(27)25-22-21(23(28)30-6-2)18(14-32-22)15-7-9-17(29-4)10-8-15/h7-10,13-14H,5-6,11-12H2,1-4H3,(H,25,27). The molecule has 0 fully saturated rings. The number of carbonyl (C=O) groups is 2. The highest BCUT2D eigenvalue weighted by atomic mass is 32.1. The summed E-state index contributed by atoms with van der Waals surface area (Å²) in [5, 5.41) is 8.33. The number of ether oxygens (including phenoxy) is 2. The minimum Gasteiger partial charge on any atom is -0.497 e. The van der Waals surface area contributed by atoms with Crippen LogP contribution in [-0.4, -0.2) is 49.1 Å². The van der Waals surface area contributed by atoms with Crippen molar-refractivity contribution in [2.75, 3.05) is 32.6 Å². The lowest BCUT2D eigenvalue weighted by Gasteiger charge is -2.15. The number of amides is 1. The Hall–Kier alpha value is -2.75. The molecule has 32 heavy (non-hydrogen) atoms. The highest BCUT2D eigenvalue weighted by Gasteiger charge is 2.23. The second-order valence-electron chi connectivity index (χ2n) is 7.11. The molecule has 0 saturated carbocycles. The maximum absolute atomic E-state index is 12.7. The predicted molar refractivity (Wildman–Crippen MR) is 129 cm³/mol. The number of esters is 1. The lowest BCUT2D eigenvalue weighted by Crippen LogP contribution is -2.30. The summed E-state index contributed by atoms with van der Waals surface area (Å²) >= 11 is 2.94. The fraction of sp³-hybridized carbons (Fsp3) is 0.348. The van der Waals surface area contributed by atoms with E-state index in [1.54, 1.807) is 25.4 Å². The zero-order valence-electron chi connectivity index (χ0n) is 18.6. The van der Waals surface area contributed by atoms with Gasteiger partial charge in [0.1, 0.15) is 16.3 Å². The number of likely N-dealkylation sites (N-methyl/N-ethyl adjacent to an activating group) is 1. The van der Waals surface area contributed by atoms with Crippen LogP contribution in [0.2, 0.25) is 0 Å². The van der Waals surface area contributed by atoms with Gasteiger partial charge in [-0.1, -0.05) is 19.1 Å². The highest BCUT2D eigenvalue weighted by Crippen LogP contribution is 2.36. The van der Waals surface area contributed by atoms with Crippen LogP contribution in [0.15, 0.2) is 35.0 Å². The molecule has 170 valence electrons. The second-order valence-corrected chi connectivity index (χ2v) is 8.93. The van der Waals surface area contributed by atoms with Crippen LogP contribution in [0.1, 0.15) is 34.9 Å². The molecular formula is C23H27N3O4S2. The number of nitrogens with one attached hydrogen (secondary N) is 1. The van der Waals surface area contributed by atoms with Crippen LogP contribution in [0, 0.1) is 0 Å². The first-order valence-electron chi connectivity index (χ1n) is 10.3. The van der Waals surface area contributed by atoms with Gasteiger partial charge in [0.2, 0.25) is 5.91 Å². The molecule has 0 radical (unpaired) electrons. The quantitative estimate of drug-likeness (QED) is 0.430. The lowest BCUT2D eigenvalue weighted by molar-refractivity contribution is -0.117. The fourth-order valence-corrected chi connectivity index (χ4v) is 4.88. The molecule has 3 aromatic rings. The van der Waals surface area contributed by atoms with Crippen LogP contribution in [0.5, 0.6) is 5.75 Å². The Kier molecular flexibility index (Phi) is 8.38. The number of hydrogen-bond donors (Lipinski definition) is 1. The molecule has 1 amide bonds. The van der Waals surface area contributed by atoms with E-state index in [4.69, 9.17) is 9.47 Å². The first kappa shape index (κ1) is 23.9. The van der Waals surface area contributed by atoms with Gasteiger partial charge in [-0.3, -0.25) is 9.69 Å². The van der Waals surface area contributed by atoms with E-state index < -0.39 is 5.97 Å². The number of thiazole rings is 1. The smallest absolute Gasteiger partial charge is 0.341 e. The van der Waals surface area contributed by atoms with Crippen LogP contribution in [0.25, 0.3) is 11.1 Å². The van der Waals surface area contributed by atoms with Gasteiger partial charge in [0, 0.05) is 22.9 Å². The molecule has 1 N–H and O–H groups in total. The Labute approximate surface area is 196 Å². The molecule has 2 heterocycles. The minimum absolute atomic E-state index is 0.178. The third-order valence-electron chi connectivity index (χ3n) is 4.67. The number of nitrogens with zero attached hydrogens (tertiary/aromatic N) is 2. The van der Waals surface area contributed by atoms with Crippen LogP contribution in [-0.2, 0) is 22.5 Å². The maximum Gasteiger partial charge on any atom is 0.341 e. The number of aromatic nitrogens is 1. The largest absolute Gasteiger partial charge is 0.497 e. The van der Waals surface area contributed by atoms with Crippen molar-refractivity contribution >= 4 is 39.6 Å². The summed E-state index contributed by atoms with van der Waals surface area (Å²) in [6, 6.07) is 7.41. The molecule has 0 aliphatic rings. The van der Waals surface area contributed by atoms with Crippen molar-refractivity contribution in [3.8, 4) is 16.9 Å². The monoisotopic (exact) mass is 473 g/mol. The Bertz CT molecular complexity index is 1060. The normalized spacial score (nSPS) is 10.9. The molecule has 7 nitrogen and oxygen atoms in total. The zero-order valence-corrected chi connectivity index (χ0v) is 20.3. The fourth-order valence-electron chi connectivity index (χ4n) is 3.17. The Morgan fingerprint density at radius 1 is 1.12 bits per heavy atom. The summed E-state index contributed by atoms with van der Waals surface area (Å²) in [5.74, 6) is 0.0642. The average molecular weight is 474 g/mol. The van der Waals surface area contributed by atoms with Crippen LogP contribution < -0.4 is 10.1 Å². The van der Waals surface area contributed by atoms with Gasteiger partial charge in [0.15, 0.2) is 0 Å². The molecule has 0 aliphatic heterocycles. The molecular weight excluding hydrogens is 446 g/mol. The summed E-state index contributed by atoms with van der Waals surface area (Å²) in [6.07, 6.45) is 0.903. The molecule has 0 saturated heterocycles. The molecule has 2 aromatic heterocycles. The van der Waals surface area contributed by atoms with E-state index in [0.29, 0.717) is 22.7 Å². The van der Waals surface area contributed by atoms with Crippen molar-refractivity contribution in [2.45, 2.75) is 26.8 Å². The predicted octanol–water partition coefficient (Wildman–Crippen LogP) is 4.69. The van der Waals surface area contributed by atoms with E-state index in [0.717, 1.165) is 28.4 Å². The Morgan fingerprint density at radius 2 is 1.88 bits per heavy atom. The van der Waals surface area contributed by atoms with Gasteiger partial charge in [-0.25, -0.2) is 9.78 Å². The summed E-state index contributed by atoms with van der Waals surface area (Å²) < 4.78 is 10.5. The number of anilines is 1. The second kappa shape index (κ2) is 11.2. The Balaban J connectivity index is 1.74. The van der Waals surface area contributed by atoms with Gasteiger partial charge in [-0.05, 0) is 38.1 Å². The SMILES string of the molecule is CCOC(=O)c1c(-c2ccc(OC)cc2)csc1NC(=O)CN(C)Cc1csc(CC)n1. The van der Waals surface area contributed by atoms with Gasteiger partial charge < -0.3 is 14.8 Å². The summed E-state index contributed by atoms with van der Waals surface area (Å²) in [6.45, 7) is 4.84. The van der Waals surface area contributed by atoms with Gasteiger partial charge in [-0.15, -0.1) is 22.7 Å². The van der Waals surface area contributed by atoms with E-state index in [1.807, 2.05) is 47.0 Å². The minimum atomic E-state index is -0.460. The van der Waals surface area contributed by atoms with Crippen molar-refractivity contribution in [1.29, 1.82) is 0 Å². The molecule has 0 spiro atoms. The first-order chi connectivity index (χ1) is 15.4. The molecule has 0 aliphatic carbocycles. The van der Waals surface area contributed by atoms with E-state index in [2.05, 4.69) is 17.2 Å². The topological polar surface area (TPSA) is 80.8 Å². The summed E-state index contributed by atoms with van der Waals surface area (Å²) in [4.78, 5) is 31.9. The number of methoxy groups -OCH3 is 1. The van der Waals surface area contributed by atoms with Crippen LogP contribution in [0.3, 0.4) is 0 Å². The van der Waals surface area contributed by atoms with E-state index >= 15 is 0 Å². The van der Waals surface area contributed by atoms with Gasteiger partial charge in [0.05, 0.1) is 31.0 Å². The van der Waals surface area contributed by atoms with Gasteiger partial charge in [-0.2, -0.15) is 0 Å². The van der Waals surface area contributed by atoms with Crippen LogP contribution in [0.4, 0.5) is 5.00 Å². The van der Waals surface area contributed by atoms with Crippen molar-refractivity contribution in [3.63, 3.8) is 0 Å². The highest BCUT2D eigenvalue weighted by molar-refractivity contribution is 7.15. The summed E-state index contributed by atoms with van der Waals surface area (Å²) in [5.41, 5.74) is 2.88. The number of aryl methyl sites for hydroxylation is 1. The van der Waals surface area contributed by atoms with Gasteiger partial charge in [0.25, 0.3) is 0 Å². The van der Waals surface area contributed by atoms with Crippen molar-refractivity contribution in [3.05, 3.63) is 51.3 Å². The van der Waals surface area contributed by atoms with E-state index in [9.17, 15) is 9.59 Å². The lowest BCUT2D eigenvalue weighted by atomic mass is 10.0. The van der Waals surface area contributed by atoms with Crippen molar-refractivity contribution in [1.82, 2.24) is 9.88 Å². The molecule has 0 atom stereocenters. The molecule has 3 rings (SSSR count). The van der Waals surface area contributed by atoms with Crippen molar-refractivity contribution < 1.29 is 19.1 Å². The third-order valence-corrected chi connectivity index (χ3v) is 6.61. The Morgan fingerprint density at radius 3 is 2.50 bits per heavy atom. The number of benzene rings is 1. The molecule has 0 bridgehead atoms. The van der Waals surface area contributed by atoms with Crippen LogP contribution >= 0.6 is 22.7 Å². The number of carbonyl (C=O) groups excluding carboxylic acids is 2. The summed E-state index contributed by atoms with van der Waals surface area (Å²) in [7, 11) is 3.47. The third kappa shape index (κ3) is 5.93. The first-order valence-corrected chi connectivity index (χ1v) is 12.1. The van der Waals surface area contributed by atoms with E-state index in [1.165, 1.54) is 11.3 Å². The molecule has 0 unspecified atom stereocenters. The van der Waals surface area contributed by atoms with Crippen molar-refractivity contribution in [2.24, 2.45) is 0 Å². The maximum atomic E-state index is 12.7. The van der Waals surface area contributed by atoms with E-state index in [-0.39, 0.29) is 19.1 Å². The number of hydrogen-bond acceptors (Lipinski definition) is 8. The number of rotatable bonds is 10. The zero-order chi connectivity index (χ0) is 23.1. The van der Waals surface area contributed by atoms with Gasteiger partial charge >= 0.3 is 5.97 Å².